The molecule has 0 aliphatic rings. The van der Waals surface area contributed by atoms with Crippen LogP contribution in [0.15, 0.2) is 178 Å². The summed E-state index contributed by atoms with van der Waals surface area (Å²) in [7, 11) is -6.77. The summed E-state index contributed by atoms with van der Waals surface area (Å²) < 4.78 is 138. The van der Waals surface area contributed by atoms with E-state index < -0.39 is 49.1 Å². The number of alkyl halides is 6. The van der Waals surface area contributed by atoms with Gasteiger partial charge in [-0.1, -0.05) is 84.9 Å². The molecule has 3 heterocycles. The van der Waals surface area contributed by atoms with Crippen molar-refractivity contribution >= 4 is 25.6 Å². The average molecular weight is 1010 g/mol. The standard InChI is InChI=1S/C27H20F3N3O3S.C24H18F3N3O3S/c1-17-16-36-26(31-17)24-15-33(25(32-24)22-8-3-4-9-23(22)27(28,29)30)20-12-10-18(11-13-20)19-6-5-7-21(14-19)37(2,34)35;1-34(32,33)18-6-4-5-16(13-18)15-9-11-17(12-10-15)30-14-21(22(28)31)29-23(30)19-7-2-3-8-20(19)24(25,26)27/h3-16H,1-2H3;2-14H,1H3,(H2,28,31). The molecule has 3 aromatic heterocycles. The first kappa shape index (κ1) is 49.3. The zero-order valence-electron chi connectivity index (χ0n) is 37.4. The minimum absolute atomic E-state index is 0.0746. The first-order chi connectivity index (χ1) is 33.5. The Hall–Kier alpha value is -8.10. The van der Waals surface area contributed by atoms with E-state index in [0.717, 1.165) is 30.2 Å². The van der Waals surface area contributed by atoms with Crippen LogP contribution in [-0.2, 0) is 32.0 Å². The summed E-state index contributed by atoms with van der Waals surface area (Å²) in [5, 5.41) is 0. The zero-order chi connectivity index (χ0) is 51.0. The number of benzene rings is 6. The summed E-state index contributed by atoms with van der Waals surface area (Å²) in [5.74, 6) is -0.700. The third kappa shape index (κ3) is 10.9. The fraction of sp³-hybridized carbons (Fsp3) is 0.0980. The maximum atomic E-state index is 13.8. The van der Waals surface area contributed by atoms with Crippen molar-refractivity contribution in [3.63, 3.8) is 0 Å². The first-order valence-electron chi connectivity index (χ1n) is 21.0. The van der Waals surface area contributed by atoms with Crippen molar-refractivity contribution in [3.05, 3.63) is 187 Å². The molecule has 0 fully saturated rings. The van der Waals surface area contributed by atoms with Gasteiger partial charge in [0.05, 0.1) is 26.6 Å². The molecular formula is C51H38F6N6O6S2. The third-order valence-electron chi connectivity index (χ3n) is 10.9. The van der Waals surface area contributed by atoms with E-state index in [2.05, 4.69) is 15.0 Å². The monoisotopic (exact) mass is 1010 g/mol. The smallest absolute Gasteiger partial charge is 0.417 e. The molecule has 0 atom stereocenters. The van der Waals surface area contributed by atoms with Gasteiger partial charge in [-0.05, 0) is 89.8 Å². The third-order valence-corrected chi connectivity index (χ3v) is 13.2. The van der Waals surface area contributed by atoms with Gasteiger partial charge in [-0.15, -0.1) is 0 Å². The van der Waals surface area contributed by atoms with E-state index in [4.69, 9.17) is 10.2 Å². The second-order valence-electron chi connectivity index (χ2n) is 16.1. The number of rotatable bonds is 10. The van der Waals surface area contributed by atoms with Crippen molar-refractivity contribution in [1.82, 2.24) is 24.1 Å². The number of sulfone groups is 2. The van der Waals surface area contributed by atoms with Gasteiger partial charge in [0, 0.05) is 47.4 Å². The Morgan fingerprint density at radius 1 is 0.549 bits per heavy atom. The number of carbonyl (C=O) groups excluding carboxylic acids is 1. The highest BCUT2D eigenvalue weighted by Crippen LogP contribution is 2.40. The Morgan fingerprint density at radius 2 is 0.986 bits per heavy atom. The molecule has 0 radical (unpaired) electrons. The van der Waals surface area contributed by atoms with Crippen molar-refractivity contribution in [3.8, 4) is 68.0 Å². The summed E-state index contributed by atoms with van der Waals surface area (Å²) in [6.07, 6.45) is -2.66. The van der Waals surface area contributed by atoms with E-state index in [-0.39, 0.29) is 49.8 Å². The van der Waals surface area contributed by atoms with Crippen molar-refractivity contribution in [1.29, 1.82) is 0 Å². The number of amides is 1. The number of primary amides is 1. The van der Waals surface area contributed by atoms with Crippen molar-refractivity contribution < 1.29 is 52.4 Å². The van der Waals surface area contributed by atoms with Gasteiger partial charge in [-0.25, -0.2) is 31.8 Å². The minimum Gasteiger partial charge on any atom is -0.443 e. The molecule has 2 N–H and O–H groups in total. The van der Waals surface area contributed by atoms with Crippen LogP contribution in [0.25, 0.3) is 68.0 Å². The summed E-state index contributed by atoms with van der Waals surface area (Å²) in [6.45, 7) is 1.74. The van der Waals surface area contributed by atoms with Gasteiger partial charge in [0.2, 0.25) is 5.89 Å². The van der Waals surface area contributed by atoms with E-state index in [9.17, 15) is 48.0 Å². The van der Waals surface area contributed by atoms with Gasteiger partial charge in [0.1, 0.15) is 29.3 Å². The van der Waals surface area contributed by atoms with Gasteiger partial charge in [-0.3, -0.25) is 13.9 Å². The van der Waals surface area contributed by atoms with Crippen LogP contribution in [0.3, 0.4) is 0 Å². The number of imidazole rings is 2. The zero-order valence-corrected chi connectivity index (χ0v) is 39.1. The number of nitrogens with two attached hydrogens (primary N) is 1. The van der Waals surface area contributed by atoms with Crippen LogP contribution < -0.4 is 5.73 Å². The molecule has 9 rings (SSSR count). The Morgan fingerprint density at radius 3 is 1.39 bits per heavy atom. The number of carbonyl (C=O) groups is 1. The molecule has 0 spiro atoms. The second-order valence-corrected chi connectivity index (χ2v) is 20.1. The van der Waals surface area contributed by atoms with Gasteiger partial charge in [0.15, 0.2) is 19.7 Å². The highest BCUT2D eigenvalue weighted by molar-refractivity contribution is 7.91. The predicted octanol–water partition coefficient (Wildman–Crippen LogP) is 11.3. The Kier molecular flexibility index (Phi) is 13.2. The number of hydrogen-bond donors (Lipinski definition) is 1. The normalized spacial score (nSPS) is 12.1. The lowest BCUT2D eigenvalue weighted by molar-refractivity contribution is -0.137. The maximum Gasteiger partial charge on any atom is 0.417 e. The molecule has 0 bridgehead atoms. The van der Waals surface area contributed by atoms with Crippen LogP contribution in [0.2, 0.25) is 0 Å². The Bertz CT molecular complexity index is 3680. The first-order valence-corrected chi connectivity index (χ1v) is 24.8. The molecule has 0 saturated carbocycles. The number of hydrogen-bond acceptors (Lipinski definition) is 9. The highest BCUT2D eigenvalue weighted by Gasteiger charge is 2.36. The van der Waals surface area contributed by atoms with E-state index in [1.165, 1.54) is 71.6 Å². The molecular weight excluding hydrogens is 971 g/mol. The average Bonchev–Trinajstić information content (AvgIpc) is 4.10. The molecule has 12 nitrogen and oxygen atoms in total. The van der Waals surface area contributed by atoms with Gasteiger partial charge in [0.25, 0.3) is 5.91 Å². The molecule has 0 unspecified atom stereocenters. The van der Waals surface area contributed by atoms with Crippen molar-refractivity contribution in [2.75, 3.05) is 12.5 Å². The van der Waals surface area contributed by atoms with Crippen molar-refractivity contribution in [2.24, 2.45) is 5.73 Å². The Labute approximate surface area is 402 Å². The number of oxazole rings is 1. The summed E-state index contributed by atoms with van der Waals surface area (Å²) in [4.78, 5) is 24.9. The summed E-state index contributed by atoms with van der Waals surface area (Å²) >= 11 is 0. The number of halogens is 6. The van der Waals surface area contributed by atoms with Crippen molar-refractivity contribution in [2.45, 2.75) is 29.1 Å². The summed E-state index contributed by atoms with van der Waals surface area (Å²) in [6, 6.07) is 36.8. The lowest BCUT2D eigenvalue weighted by Gasteiger charge is -2.14. The molecule has 0 saturated heterocycles. The lowest BCUT2D eigenvalue weighted by atomic mass is 10.0. The molecule has 1 amide bonds. The largest absolute Gasteiger partial charge is 0.443 e. The minimum atomic E-state index is -4.63. The van der Waals surface area contributed by atoms with E-state index in [1.807, 2.05) is 0 Å². The molecule has 9 aromatic rings. The number of aromatic nitrogens is 5. The van der Waals surface area contributed by atoms with Crippen LogP contribution in [-0.4, -0.2) is 59.3 Å². The maximum absolute atomic E-state index is 13.8. The fourth-order valence-corrected chi connectivity index (χ4v) is 8.85. The molecule has 71 heavy (non-hydrogen) atoms. The highest BCUT2D eigenvalue weighted by atomic mass is 32.2. The molecule has 362 valence electrons. The number of aryl methyl sites for hydroxylation is 1. The van der Waals surface area contributed by atoms with Crippen LogP contribution in [0.1, 0.15) is 27.3 Å². The number of nitrogens with zero attached hydrogens (tertiary/aromatic N) is 5. The topological polar surface area (TPSA) is 173 Å². The van der Waals surface area contributed by atoms with E-state index in [0.29, 0.717) is 33.8 Å². The van der Waals surface area contributed by atoms with Crippen LogP contribution in [0.4, 0.5) is 26.3 Å². The SMILES string of the molecule is CS(=O)(=O)c1cccc(-c2ccc(-n3cc(C(N)=O)nc3-c3ccccc3C(F)(F)F)cc2)c1.Cc1coc(-c2cn(-c3ccc(-c4cccc(S(C)(=O)=O)c4)cc3)c(-c3ccccc3C(F)(F)F)n2)n1. The van der Waals surface area contributed by atoms with Crippen LogP contribution >= 0.6 is 0 Å². The van der Waals surface area contributed by atoms with Crippen LogP contribution in [0, 0.1) is 6.92 Å². The van der Waals surface area contributed by atoms with E-state index in [1.54, 1.807) is 96.6 Å². The molecule has 0 aliphatic carbocycles. The van der Waals surface area contributed by atoms with Gasteiger partial charge in [-0.2, -0.15) is 26.3 Å². The molecule has 6 aromatic carbocycles. The predicted molar refractivity (Wildman–Crippen MR) is 254 cm³/mol. The van der Waals surface area contributed by atoms with Gasteiger partial charge >= 0.3 is 12.4 Å². The molecule has 20 heteroatoms. The molecule has 0 aliphatic heterocycles. The van der Waals surface area contributed by atoms with Gasteiger partial charge < -0.3 is 10.2 Å². The Balaban J connectivity index is 0.000000191. The lowest BCUT2D eigenvalue weighted by Crippen LogP contribution is -2.11. The fourth-order valence-electron chi connectivity index (χ4n) is 7.52. The second kappa shape index (κ2) is 19.0. The van der Waals surface area contributed by atoms with Crippen LogP contribution in [0.5, 0.6) is 0 Å². The summed E-state index contributed by atoms with van der Waals surface area (Å²) in [5.41, 5.74) is 7.83. The quantitative estimate of drug-likeness (QED) is 0.131. The van der Waals surface area contributed by atoms with E-state index >= 15 is 0 Å².